The van der Waals surface area contributed by atoms with E-state index in [0.717, 1.165) is 17.2 Å². The fourth-order valence-corrected chi connectivity index (χ4v) is 3.10. The second-order valence-electron chi connectivity index (χ2n) is 4.36. The minimum atomic E-state index is -4.04. The predicted molar refractivity (Wildman–Crippen MR) is 75.6 cm³/mol. The van der Waals surface area contributed by atoms with Crippen molar-refractivity contribution in [3.63, 3.8) is 0 Å². The van der Waals surface area contributed by atoms with Crippen molar-refractivity contribution in [2.24, 2.45) is 0 Å². The minimum Gasteiger partial charge on any atom is -0.278 e. The van der Waals surface area contributed by atoms with Crippen LogP contribution in [0.5, 0.6) is 0 Å². The molecule has 4 nitrogen and oxygen atoms in total. The molecule has 0 aliphatic rings. The molecule has 0 spiro atoms. The van der Waals surface area contributed by atoms with E-state index in [1.807, 2.05) is 19.1 Å². The fourth-order valence-electron chi connectivity index (χ4n) is 1.92. The number of anilines is 1. The van der Waals surface area contributed by atoms with E-state index in [1.165, 1.54) is 12.3 Å². The summed E-state index contributed by atoms with van der Waals surface area (Å²) in [6, 6.07) is 7.90. The van der Waals surface area contributed by atoms with Crippen molar-refractivity contribution < 1.29 is 12.8 Å². The molecule has 0 atom stereocenters. The number of pyridine rings is 1. The normalized spacial score (nSPS) is 11.3. The molecule has 0 fully saturated rings. The number of benzene rings is 1. The average molecular weight is 294 g/mol. The highest BCUT2D eigenvalue weighted by Crippen LogP contribution is 2.24. The Balaban J connectivity index is 2.47. The van der Waals surface area contributed by atoms with Gasteiger partial charge in [-0.2, -0.15) is 8.42 Å². The van der Waals surface area contributed by atoms with Crippen LogP contribution >= 0.6 is 0 Å². The smallest absolute Gasteiger partial charge is 0.278 e. The summed E-state index contributed by atoms with van der Waals surface area (Å²) in [6.45, 7) is 3.72. The second-order valence-corrected chi connectivity index (χ2v) is 5.96. The molecular weight excluding hydrogens is 279 g/mol. The standard InChI is InChI=1S/C14H15FN2O2S/c1-3-11-7-4-6-10(2)13(11)17-20(18,19)14-12(15)8-5-9-16-14/h4-9,17H,3H2,1-2H3. The average Bonchev–Trinajstić information content (AvgIpc) is 2.41. The first-order chi connectivity index (χ1) is 9.45. The van der Waals surface area contributed by atoms with Crippen molar-refractivity contribution in [1.82, 2.24) is 4.98 Å². The summed E-state index contributed by atoms with van der Waals surface area (Å²) in [6.07, 6.45) is 1.92. The van der Waals surface area contributed by atoms with Crippen LogP contribution in [0.2, 0.25) is 0 Å². The Morgan fingerprint density at radius 1 is 1.25 bits per heavy atom. The van der Waals surface area contributed by atoms with Crippen molar-refractivity contribution in [2.45, 2.75) is 25.3 Å². The lowest BCUT2D eigenvalue weighted by Crippen LogP contribution is -2.17. The number of hydrogen-bond donors (Lipinski definition) is 1. The van der Waals surface area contributed by atoms with Gasteiger partial charge in [0.2, 0.25) is 5.03 Å². The van der Waals surface area contributed by atoms with Crippen LogP contribution in [0, 0.1) is 12.7 Å². The number of rotatable bonds is 4. The van der Waals surface area contributed by atoms with E-state index < -0.39 is 20.9 Å². The number of hydrogen-bond acceptors (Lipinski definition) is 3. The van der Waals surface area contributed by atoms with E-state index in [0.29, 0.717) is 12.1 Å². The quantitative estimate of drug-likeness (QED) is 0.943. The zero-order valence-electron chi connectivity index (χ0n) is 11.2. The molecule has 0 aliphatic carbocycles. The Morgan fingerprint density at radius 3 is 2.65 bits per heavy atom. The first-order valence-electron chi connectivity index (χ1n) is 6.17. The predicted octanol–water partition coefficient (Wildman–Crippen LogP) is 2.89. The zero-order chi connectivity index (χ0) is 14.8. The number of sulfonamides is 1. The van der Waals surface area contributed by atoms with Gasteiger partial charge in [0.05, 0.1) is 5.69 Å². The maximum Gasteiger partial charge on any atom is 0.282 e. The molecule has 1 N–H and O–H groups in total. The summed E-state index contributed by atoms with van der Waals surface area (Å²) in [5, 5.41) is -0.592. The van der Waals surface area contributed by atoms with E-state index in [4.69, 9.17) is 0 Å². The Labute approximate surface area is 117 Å². The molecule has 0 saturated heterocycles. The molecule has 20 heavy (non-hydrogen) atoms. The van der Waals surface area contributed by atoms with Crippen LogP contribution in [0.25, 0.3) is 0 Å². The summed E-state index contributed by atoms with van der Waals surface area (Å²) in [5.41, 5.74) is 2.12. The number of aryl methyl sites for hydroxylation is 2. The van der Waals surface area contributed by atoms with Crippen LogP contribution in [0.15, 0.2) is 41.6 Å². The second kappa shape index (κ2) is 5.58. The van der Waals surface area contributed by atoms with E-state index in [9.17, 15) is 12.8 Å². The molecule has 1 aromatic carbocycles. The molecule has 0 amide bonds. The monoisotopic (exact) mass is 294 g/mol. The Morgan fingerprint density at radius 2 is 2.00 bits per heavy atom. The van der Waals surface area contributed by atoms with Gasteiger partial charge >= 0.3 is 0 Å². The summed E-state index contributed by atoms with van der Waals surface area (Å²) < 4.78 is 40.5. The van der Waals surface area contributed by atoms with E-state index in [2.05, 4.69) is 9.71 Å². The molecule has 6 heteroatoms. The lowest BCUT2D eigenvalue weighted by Gasteiger charge is -2.14. The van der Waals surface area contributed by atoms with Gasteiger partial charge in [0.1, 0.15) is 0 Å². The molecule has 106 valence electrons. The largest absolute Gasteiger partial charge is 0.282 e. The van der Waals surface area contributed by atoms with Crippen LogP contribution in [-0.4, -0.2) is 13.4 Å². The summed E-state index contributed by atoms with van der Waals surface area (Å²) >= 11 is 0. The van der Waals surface area contributed by atoms with Crippen LogP contribution in [0.3, 0.4) is 0 Å². The van der Waals surface area contributed by atoms with Crippen LogP contribution in [0.1, 0.15) is 18.1 Å². The molecule has 1 aromatic heterocycles. The maximum atomic E-state index is 13.6. The third-order valence-corrected chi connectivity index (χ3v) is 4.24. The number of aromatic nitrogens is 1. The van der Waals surface area contributed by atoms with Gasteiger partial charge in [0.15, 0.2) is 5.82 Å². The minimum absolute atomic E-state index is 0.486. The van der Waals surface area contributed by atoms with Gasteiger partial charge in [-0.05, 0) is 36.6 Å². The SMILES string of the molecule is CCc1cccc(C)c1NS(=O)(=O)c1ncccc1F. The van der Waals surface area contributed by atoms with Crippen molar-refractivity contribution in [3.05, 3.63) is 53.5 Å². The molecule has 0 aliphatic heterocycles. The van der Waals surface area contributed by atoms with Gasteiger partial charge < -0.3 is 0 Å². The van der Waals surface area contributed by atoms with Crippen molar-refractivity contribution >= 4 is 15.7 Å². The lowest BCUT2D eigenvalue weighted by atomic mass is 10.1. The molecule has 2 aromatic rings. The molecule has 0 saturated carbocycles. The molecule has 2 rings (SSSR count). The molecule has 0 radical (unpaired) electrons. The summed E-state index contributed by atoms with van der Waals surface area (Å²) in [4.78, 5) is 3.61. The maximum absolute atomic E-state index is 13.6. The zero-order valence-corrected chi connectivity index (χ0v) is 12.0. The Kier molecular flexibility index (Phi) is 4.04. The first kappa shape index (κ1) is 14.5. The van der Waals surface area contributed by atoms with E-state index in [-0.39, 0.29) is 0 Å². The van der Waals surface area contributed by atoms with Gasteiger partial charge in [-0.15, -0.1) is 0 Å². The van der Waals surface area contributed by atoms with Gasteiger partial charge in [-0.3, -0.25) is 4.72 Å². The van der Waals surface area contributed by atoms with Gasteiger partial charge in [0.25, 0.3) is 10.0 Å². The number of nitrogens with zero attached hydrogens (tertiary/aromatic N) is 1. The number of para-hydroxylation sites is 1. The summed E-state index contributed by atoms with van der Waals surface area (Å²) in [7, 11) is -4.04. The fraction of sp³-hybridized carbons (Fsp3) is 0.214. The topological polar surface area (TPSA) is 59.1 Å². The van der Waals surface area contributed by atoms with Gasteiger partial charge in [-0.1, -0.05) is 25.1 Å². The highest BCUT2D eigenvalue weighted by molar-refractivity contribution is 7.92. The molecule has 1 heterocycles. The van der Waals surface area contributed by atoms with E-state index >= 15 is 0 Å². The van der Waals surface area contributed by atoms with Crippen LogP contribution in [-0.2, 0) is 16.4 Å². The summed E-state index contributed by atoms with van der Waals surface area (Å²) in [5.74, 6) is -0.869. The third-order valence-electron chi connectivity index (χ3n) is 2.96. The number of nitrogens with one attached hydrogen (secondary N) is 1. The Hall–Kier alpha value is -1.95. The van der Waals surface area contributed by atoms with E-state index in [1.54, 1.807) is 13.0 Å². The first-order valence-corrected chi connectivity index (χ1v) is 7.66. The molecule has 0 unspecified atom stereocenters. The van der Waals surface area contributed by atoms with Crippen molar-refractivity contribution in [3.8, 4) is 0 Å². The van der Waals surface area contributed by atoms with Crippen LogP contribution in [0.4, 0.5) is 10.1 Å². The molecule has 0 bridgehead atoms. The van der Waals surface area contributed by atoms with Crippen LogP contribution < -0.4 is 4.72 Å². The van der Waals surface area contributed by atoms with Gasteiger partial charge in [-0.25, -0.2) is 9.37 Å². The van der Waals surface area contributed by atoms with Gasteiger partial charge in [0, 0.05) is 6.20 Å². The number of halogens is 1. The third kappa shape index (κ3) is 2.80. The highest BCUT2D eigenvalue weighted by atomic mass is 32.2. The Bertz CT molecular complexity index is 730. The van der Waals surface area contributed by atoms with Crippen molar-refractivity contribution in [2.75, 3.05) is 4.72 Å². The lowest BCUT2D eigenvalue weighted by molar-refractivity contribution is 0.556. The van der Waals surface area contributed by atoms with Crippen molar-refractivity contribution in [1.29, 1.82) is 0 Å². The highest BCUT2D eigenvalue weighted by Gasteiger charge is 2.22. The molecular formula is C14H15FN2O2S.